The first-order valence-corrected chi connectivity index (χ1v) is 11.5. The van der Waals surface area contributed by atoms with Crippen molar-refractivity contribution in [3.63, 3.8) is 0 Å². The van der Waals surface area contributed by atoms with E-state index < -0.39 is 0 Å². The first kappa shape index (κ1) is 26.0. The second kappa shape index (κ2) is 11.9. The molecule has 0 nitrogen and oxygen atoms in total. The zero-order valence-corrected chi connectivity index (χ0v) is 21.0. The van der Waals surface area contributed by atoms with Crippen LogP contribution in [0, 0.1) is 19.8 Å². The first-order chi connectivity index (χ1) is 14.0. The van der Waals surface area contributed by atoms with Gasteiger partial charge in [-0.2, -0.15) is 0 Å². The van der Waals surface area contributed by atoms with Gasteiger partial charge in [-0.05, 0) is 72.3 Å². The van der Waals surface area contributed by atoms with Gasteiger partial charge in [-0.15, -0.1) is 0 Å². The molecule has 0 radical (unpaired) electrons. The monoisotopic (exact) mass is 404 g/mol. The zero-order valence-electron chi connectivity index (χ0n) is 21.0. The summed E-state index contributed by atoms with van der Waals surface area (Å²) in [6, 6.07) is 15.5. The van der Waals surface area contributed by atoms with E-state index in [1.54, 1.807) is 0 Å². The molecule has 0 aliphatic rings. The van der Waals surface area contributed by atoms with Crippen LogP contribution in [0.3, 0.4) is 0 Å². The highest BCUT2D eigenvalue weighted by atomic mass is 14.2. The van der Waals surface area contributed by atoms with Gasteiger partial charge in [0.1, 0.15) is 0 Å². The fraction of sp³-hybridized carbons (Fsp3) is 0.467. The van der Waals surface area contributed by atoms with E-state index in [9.17, 15) is 0 Å². The van der Waals surface area contributed by atoms with Crippen molar-refractivity contribution in [2.75, 3.05) is 0 Å². The smallest absolute Gasteiger partial charge is 0.0130 e. The third-order valence-corrected chi connectivity index (χ3v) is 5.99. The van der Waals surface area contributed by atoms with Gasteiger partial charge in [0.2, 0.25) is 0 Å². The molecule has 2 unspecified atom stereocenters. The van der Waals surface area contributed by atoms with Crippen molar-refractivity contribution in [2.45, 2.75) is 86.5 Å². The molecule has 0 saturated carbocycles. The summed E-state index contributed by atoms with van der Waals surface area (Å²) in [7, 11) is 0. The molecule has 0 saturated heterocycles. The Kier molecular flexibility index (Phi) is 10.3. The van der Waals surface area contributed by atoms with Crippen LogP contribution in [0.5, 0.6) is 0 Å². The molecule has 2 aromatic carbocycles. The van der Waals surface area contributed by atoms with Crippen molar-refractivity contribution in [1.29, 1.82) is 0 Å². The molecule has 2 rings (SSSR count). The summed E-state index contributed by atoms with van der Waals surface area (Å²) < 4.78 is 0. The average molecular weight is 405 g/mol. The molecule has 0 bridgehead atoms. The van der Waals surface area contributed by atoms with Gasteiger partial charge in [0.15, 0.2) is 0 Å². The molecule has 0 amide bonds. The fourth-order valence-corrected chi connectivity index (χ4v) is 3.23. The van der Waals surface area contributed by atoms with Gasteiger partial charge in [0, 0.05) is 0 Å². The van der Waals surface area contributed by atoms with Gasteiger partial charge < -0.3 is 0 Å². The standard InChI is InChI=1S/C18H26.C12H18/c1-6-7-8-9-15(4)16(5)18-12-10-17(11-13-18)14(2)3;1-9-6-7-11(8-10(9)2)12(3,4)5/h8-13,15-16H,2,6-7H2,1,3-5H3;6-8H,1-5H3/b9-8-;. The molecule has 0 N–H and O–H groups in total. The van der Waals surface area contributed by atoms with Crippen molar-refractivity contribution in [1.82, 2.24) is 0 Å². The number of benzene rings is 2. The molecule has 0 heteroatoms. The summed E-state index contributed by atoms with van der Waals surface area (Å²) >= 11 is 0. The minimum Gasteiger partial charge on any atom is -0.0955 e. The maximum absolute atomic E-state index is 3.97. The van der Waals surface area contributed by atoms with E-state index in [0.717, 1.165) is 5.57 Å². The maximum atomic E-state index is 3.97. The SMILES string of the molecule is C=C(C)c1ccc(C(C)C(C)/C=C\CCC)cc1.Cc1ccc(C(C)(C)C)cc1C. The normalized spacial score (nSPS) is 13.5. The molecule has 0 spiro atoms. The minimum absolute atomic E-state index is 0.276. The molecule has 164 valence electrons. The Morgan fingerprint density at radius 3 is 2.03 bits per heavy atom. The van der Waals surface area contributed by atoms with Crippen molar-refractivity contribution < 1.29 is 0 Å². The van der Waals surface area contributed by atoms with E-state index in [1.807, 2.05) is 0 Å². The quantitative estimate of drug-likeness (QED) is 0.420. The van der Waals surface area contributed by atoms with Crippen LogP contribution in [-0.2, 0) is 5.41 Å². The van der Waals surface area contributed by atoms with E-state index in [0.29, 0.717) is 11.8 Å². The highest BCUT2D eigenvalue weighted by Gasteiger charge is 2.13. The molecule has 0 fully saturated rings. The highest BCUT2D eigenvalue weighted by Crippen LogP contribution is 2.26. The van der Waals surface area contributed by atoms with Crippen molar-refractivity contribution in [3.8, 4) is 0 Å². The van der Waals surface area contributed by atoms with Gasteiger partial charge in [-0.3, -0.25) is 0 Å². The lowest BCUT2D eigenvalue weighted by molar-refractivity contribution is 0.589. The first-order valence-electron chi connectivity index (χ1n) is 11.5. The molecule has 0 heterocycles. The van der Waals surface area contributed by atoms with E-state index in [1.165, 1.54) is 40.7 Å². The zero-order chi connectivity index (χ0) is 22.9. The molecule has 30 heavy (non-hydrogen) atoms. The number of allylic oxidation sites excluding steroid dienone is 3. The van der Waals surface area contributed by atoms with E-state index in [4.69, 9.17) is 0 Å². The second-order valence-corrected chi connectivity index (χ2v) is 9.82. The van der Waals surface area contributed by atoms with Gasteiger partial charge in [0.25, 0.3) is 0 Å². The van der Waals surface area contributed by atoms with Crippen LogP contribution in [0.25, 0.3) is 5.57 Å². The topological polar surface area (TPSA) is 0 Å². The molecular formula is C30H44. The van der Waals surface area contributed by atoms with E-state index >= 15 is 0 Å². The number of hydrogen-bond acceptors (Lipinski definition) is 0. The lowest BCUT2D eigenvalue weighted by Gasteiger charge is -2.19. The fourth-order valence-electron chi connectivity index (χ4n) is 3.23. The molecular weight excluding hydrogens is 360 g/mol. The molecule has 2 atom stereocenters. The summed E-state index contributed by atoms with van der Waals surface area (Å²) in [6.07, 6.45) is 7.07. The van der Waals surface area contributed by atoms with Crippen LogP contribution >= 0.6 is 0 Å². The van der Waals surface area contributed by atoms with Crippen LogP contribution in [-0.4, -0.2) is 0 Å². The number of hydrogen-bond donors (Lipinski definition) is 0. The third-order valence-electron chi connectivity index (χ3n) is 5.99. The Balaban J connectivity index is 0.000000325. The summed E-state index contributed by atoms with van der Waals surface area (Å²) in [5.74, 6) is 1.16. The molecule has 0 aliphatic heterocycles. The van der Waals surface area contributed by atoms with Gasteiger partial charge >= 0.3 is 0 Å². The Morgan fingerprint density at radius 2 is 1.57 bits per heavy atom. The third kappa shape index (κ3) is 8.34. The molecule has 0 aliphatic carbocycles. The average Bonchev–Trinajstić information content (AvgIpc) is 2.69. The Bertz CT molecular complexity index is 812. The minimum atomic E-state index is 0.276. The van der Waals surface area contributed by atoms with Gasteiger partial charge in [-0.25, -0.2) is 0 Å². The number of rotatable bonds is 6. The summed E-state index contributed by atoms with van der Waals surface area (Å²) in [5, 5.41) is 0. The van der Waals surface area contributed by atoms with Crippen molar-refractivity contribution >= 4 is 5.57 Å². The number of unbranched alkanes of at least 4 members (excludes halogenated alkanes) is 1. The second-order valence-electron chi connectivity index (χ2n) is 9.82. The van der Waals surface area contributed by atoms with Crippen LogP contribution < -0.4 is 0 Å². The van der Waals surface area contributed by atoms with E-state index in [2.05, 4.69) is 124 Å². The lowest BCUT2D eigenvalue weighted by Crippen LogP contribution is -2.11. The Hall–Kier alpha value is -2.08. The number of aryl methyl sites for hydroxylation is 2. The predicted molar refractivity (Wildman–Crippen MR) is 137 cm³/mol. The predicted octanol–water partition coefficient (Wildman–Crippen LogP) is 9.42. The Labute approximate surface area is 187 Å². The van der Waals surface area contributed by atoms with Gasteiger partial charge in [-0.1, -0.05) is 115 Å². The Morgan fingerprint density at radius 1 is 0.967 bits per heavy atom. The maximum Gasteiger partial charge on any atom is -0.0130 e. The molecule has 2 aromatic rings. The summed E-state index contributed by atoms with van der Waals surface area (Å²) in [5.41, 5.74) is 8.24. The van der Waals surface area contributed by atoms with Crippen LogP contribution in [0.15, 0.2) is 61.2 Å². The highest BCUT2D eigenvalue weighted by molar-refractivity contribution is 5.61. The summed E-state index contributed by atoms with van der Waals surface area (Å²) in [4.78, 5) is 0. The lowest BCUT2D eigenvalue weighted by atomic mass is 9.85. The van der Waals surface area contributed by atoms with Crippen LogP contribution in [0.1, 0.15) is 95.0 Å². The van der Waals surface area contributed by atoms with Gasteiger partial charge in [0.05, 0.1) is 0 Å². The van der Waals surface area contributed by atoms with Crippen molar-refractivity contribution in [3.05, 3.63) is 89.0 Å². The van der Waals surface area contributed by atoms with Crippen LogP contribution in [0.2, 0.25) is 0 Å². The van der Waals surface area contributed by atoms with Crippen molar-refractivity contribution in [2.24, 2.45) is 5.92 Å². The largest absolute Gasteiger partial charge is 0.0955 e. The molecule has 0 aromatic heterocycles. The van der Waals surface area contributed by atoms with Crippen LogP contribution in [0.4, 0.5) is 0 Å². The summed E-state index contributed by atoms with van der Waals surface area (Å²) in [6.45, 7) is 23.9. The van der Waals surface area contributed by atoms with E-state index in [-0.39, 0.29) is 5.41 Å².